The van der Waals surface area contributed by atoms with Crippen molar-refractivity contribution in [3.63, 3.8) is 0 Å². The Kier molecular flexibility index (Phi) is 5.17. The highest BCUT2D eigenvalue weighted by Crippen LogP contribution is 2.27. The largest absolute Gasteiger partial charge is 0.344 e. The number of carbonyl (C=O) groups is 1. The van der Waals surface area contributed by atoms with E-state index < -0.39 is 0 Å². The van der Waals surface area contributed by atoms with Gasteiger partial charge in [0.05, 0.1) is 18.4 Å². The molecule has 0 radical (unpaired) electrons. The van der Waals surface area contributed by atoms with Crippen molar-refractivity contribution in [2.45, 2.75) is 0 Å². The molecule has 1 fully saturated rings. The number of imidazole rings is 1. The van der Waals surface area contributed by atoms with Gasteiger partial charge in [-0.3, -0.25) is 9.69 Å². The van der Waals surface area contributed by atoms with Crippen LogP contribution < -0.4 is 10.2 Å². The Hall–Kier alpha value is -3.23. The number of hydrogen-bond donors (Lipinski definition) is 1. The summed E-state index contributed by atoms with van der Waals surface area (Å²) >= 11 is 1.61. The smallest absolute Gasteiger partial charge is 0.238 e. The van der Waals surface area contributed by atoms with E-state index >= 15 is 0 Å². The fraction of sp³-hybridized carbons (Fsp3) is 0.227. The molecule has 0 aliphatic carbocycles. The summed E-state index contributed by atoms with van der Waals surface area (Å²) in [6.07, 6.45) is 1.98. The van der Waals surface area contributed by atoms with Crippen LogP contribution in [0.5, 0.6) is 0 Å². The number of para-hydroxylation sites is 1. The second kappa shape index (κ2) is 8.25. The number of rotatable bonds is 5. The highest BCUT2D eigenvalue weighted by atomic mass is 32.1. The normalized spacial score (nSPS) is 14.9. The highest BCUT2D eigenvalue weighted by molar-refractivity contribution is 7.20. The first-order valence-corrected chi connectivity index (χ1v) is 10.8. The number of fused-ring (bicyclic) bond motifs is 1. The molecular weight excluding hydrogens is 396 g/mol. The van der Waals surface area contributed by atoms with E-state index in [-0.39, 0.29) is 5.91 Å². The third kappa shape index (κ3) is 4.05. The minimum Gasteiger partial charge on any atom is -0.344 e. The lowest BCUT2D eigenvalue weighted by atomic mass is 10.2. The molecule has 0 unspecified atom stereocenters. The van der Waals surface area contributed by atoms with Crippen LogP contribution in [0.2, 0.25) is 0 Å². The summed E-state index contributed by atoms with van der Waals surface area (Å²) in [5.74, 6) is 0.0239. The lowest BCUT2D eigenvalue weighted by Crippen LogP contribution is -2.48. The van der Waals surface area contributed by atoms with Gasteiger partial charge in [0.1, 0.15) is 0 Å². The van der Waals surface area contributed by atoms with E-state index in [1.54, 1.807) is 11.3 Å². The van der Waals surface area contributed by atoms with Crippen LogP contribution >= 0.6 is 11.3 Å². The topological polar surface area (TPSA) is 65.8 Å². The number of nitrogens with zero attached hydrogens (tertiary/aromatic N) is 5. The minimum atomic E-state index is 0.0239. The van der Waals surface area contributed by atoms with Crippen molar-refractivity contribution < 1.29 is 4.79 Å². The van der Waals surface area contributed by atoms with Gasteiger partial charge in [-0.05, 0) is 12.1 Å². The average Bonchev–Trinajstić information content (AvgIpc) is 3.35. The maximum atomic E-state index is 12.3. The van der Waals surface area contributed by atoms with Crippen LogP contribution in [0.1, 0.15) is 0 Å². The van der Waals surface area contributed by atoms with Gasteiger partial charge in [-0.1, -0.05) is 59.9 Å². The Balaban J connectivity index is 1.18. The fourth-order valence-corrected chi connectivity index (χ4v) is 4.52. The van der Waals surface area contributed by atoms with Crippen LogP contribution in [-0.4, -0.2) is 58.1 Å². The van der Waals surface area contributed by atoms with Gasteiger partial charge in [0.2, 0.25) is 16.0 Å². The molecule has 4 aromatic rings. The summed E-state index contributed by atoms with van der Waals surface area (Å²) in [5, 5.41) is 8.65. The van der Waals surface area contributed by atoms with E-state index in [2.05, 4.69) is 27.2 Å². The molecule has 2 aromatic heterocycles. The number of carbonyl (C=O) groups excluding carboxylic acids is 1. The standard InChI is InChI=1S/C22H22N6OS/c29-20(23-18-9-5-2-6-10-18)16-26-11-13-27(14-12-26)22-25-28-15-19(24-21(28)30-22)17-7-3-1-4-8-17/h1-10,15H,11-14,16H2,(H,23,29). The Morgan fingerprint density at radius 2 is 1.67 bits per heavy atom. The zero-order valence-corrected chi connectivity index (χ0v) is 17.3. The van der Waals surface area contributed by atoms with E-state index in [1.807, 2.05) is 59.2 Å². The van der Waals surface area contributed by atoms with Gasteiger partial charge >= 0.3 is 0 Å². The lowest BCUT2D eigenvalue weighted by Gasteiger charge is -2.33. The number of amides is 1. The van der Waals surface area contributed by atoms with E-state index in [1.165, 1.54) is 0 Å². The summed E-state index contributed by atoms with van der Waals surface area (Å²) in [6.45, 7) is 3.77. The van der Waals surface area contributed by atoms with Crippen LogP contribution in [-0.2, 0) is 4.79 Å². The quantitative estimate of drug-likeness (QED) is 0.539. The van der Waals surface area contributed by atoms with Crippen LogP contribution in [0, 0.1) is 0 Å². The zero-order chi connectivity index (χ0) is 20.3. The van der Waals surface area contributed by atoms with Crippen LogP contribution in [0.15, 0.2) is 66.9 Å². The summed E-state index contributed by atoms with van der Waals surface area (Å²) in [6, 6.07) is 19.7. The summed E-state index contributed by atoms with van der Waals surface area (Å²) < 4.78 is 1.86. The van der Waals surface area contributed by atoms with Crippen molar-refractivity contribution in [1.29, 1.82) is 0 Å². The Morgan fingerprint density at radius 1 is 0.967 bits per heavy atom. The van der Waals surface area contributed by atoms with Gasteiger partial charge < -0.3 is 10.2 Å². The number of anilines is 2. The predicted molar refractivity (Wildman–Crippen MR) is 120 cm³/mol. The van der Waals surface area contributed by atoms with Crippen molar-refractivity contribution in [2.75, 3.05) is 42.9 Å². The minimum absolute atomic E-state index is 0.0239. The molecule has 8 heteroatoms. The average molecular weight is 419 g/mol. The number of nitrogens with one attached hydrogen (secondary N) is 1. The Labute approximate surface area is 178 Å². The maximum Gasteiger partial charge on any atom is 0.238 e. The number of piperazine rings is 1. The summed E-state index contributed by atoms with van der Waals surface area (Å²) in [4.78, 5) is 22.3. The van der Waals surface area contributed by atoms with Crippen molar-refractivity contribution >= 4 is 33.0 Å². The molecule has 30 heavy (non-hydrogen) atoms. The van der Waals surface area contributed by atoms with Crippen molar-refractivity contribution in [3.05, 3.63) is 66.9 Å². The molecule has 0 bridgehead atoms. The third-order valence-corrected chi connectivity index (χ3v) is 6.15. The molecule has 1 amide bonds. The first-order valence-electron chi connectivity index (χ1n) is 9.98. The maximum absolute atomic E-state index is 12.3. The van der Waals surface area contributed by atoms with Gasteiger partial charge in [0, 0.05) is 37.4 Å². The molecule has 7 nitrogen and oxygen atoms in total. The van der Waals surface area contributed by atoms with Crippen molar-refractivity contribution in [1.82, 2.24) is 19.5 Å². The van der Waals surface area contributed by atoms with Gasteiger partial charge in [0.15, 0.2) is 0 Å². The zero-order valence-electron chi connectivity index (χ0n) is 16.4. The fourth-order valence-electron chi connectivity index (χ4n) is 3.59. The number of benzene rings is 2. The first kappa shape index (κ1) is 18.8. The molecule has 3 heterocycles. The highest BCUT2D eigenvalue weighted by Gasteiger charge is 2.22. The third-order valence-electron chi connectivity index (χ3n) is 5.17. The molecule has 152 valence electrons. The van der Waals surface area contributed by atoms with Crippen molar-refractivity contribution in [2.24, 2.45) is 0 Å². The molecule has 1 aliphatic heterocycles. The monoisotopic (exact) mass is 418 g/mol. The van der Waals surface area contributed by atoms with E-state index in [9.17, 15) is 4.79 Å². The molecule has 1 saturated heterocycles. The molecule has 0 saturated carbocycles. The number of hydrogen-bond acceptors (Lipinski definition) is 6. The van der Waals surface area contributed by atoms with Crippen molar-refractivity contribution in [3.8, 4) is 11.3 Å². The Morgan fingerprint density at radius 3 is 2.37 bits per heavy atom. The second-order valence-corrected chi connectivity index (χ2v) is 8.22. The summed E-state index contributed by atoms with van der Waals surface area (Å²) in [7, 11) is 0. The summed E-state index contributed by atoms with van der Waals surface area (Å²) in [5.41, 5.74) is 2.87. The molecule has 5 rings (SSSR count). The second-order valence-electron chi connectivity index (χ2n) is 7.28. The van der Waals surface area contributed by atoms with Crippen LogP contribution in [0.25, 0.3) is 16.2 Å². The predicted octanol–water partition coefficient (Wildman–Crippen LogP) is 3.22. The van der Waals surface area contributed by atoms with E-state index in [0.29, 0.717) is 6.54 Å². The van der Waals surface area contributed by atoms with Gasteiger partial charge in [-0.25, -0.2) is 9.50 Å². The molecule has 2 aromatic carbocycles. The molecule has 0 spiro atoms. The molecular formula is C22H22N6OS. The molecule has 1 N–H and O–H groups in total. The lowest BCUT2D eigenvalue weighted by molar-refractivity contribution is -0.117. The van der Waals surface area contributed by atoms with E-state index in [0.717, 1.165) is 53.2 Å². The van der Waals surface area contributed by atoms with Crippen LogP contribution in [0.4, 0.5) is 10.8 Å². The van der Waals surface area contributed by atoms with Gasteiger partial charge in [0.25, 0.3) is 0 Å². The van der Waals surface area contributed by atoms with E-state index in [4.69, 9.17) is 10.1 Å². The van der Waals surface area contributed by atoms with Gasteiger partial charge in [-0.2, -0.15) is 0 Å². The first-order chi connectivity index (χ1) is 14.7. The number of aromatic nitrogens is 3. The SMILES string of the molecule is O=C(CN1CCN(c2nn3cc(-c4ccccc4)nc3s2)CC1)Nc1ccccc1. The van der Waals surface area contributed by atoms with Crippen LogP contribution in [0.3, 0.4) is 0 Å². The van der Waals surface area contributed by atoms with Gasteiger partial charge in [-0.15, -0.1) is 5.10 Å². The molecule has 0 atom stereocenters. The molecule has 1 aliphatic rings. The Bertz CT molecular complexity index is 1100.